The fraction of sp³-hybridized carbons (Fsp3) is 0.467. The van der Waals surface area contributed by atoms with Crippen LogP contribution in [0, 0.1) is 0 Å². The molecule has 0 bridgehead atoms. The van der Waals surface area contributed by atoms with Crippen LogP contribution in [-0.2, 0) is 9.59 Å². The van der Waals surface area contributed by atoms with E-state index in [-0.39, 0.29) is 18.9 Å². The first kappa shape index (κ1) is 15.2. The largest absolute Gasteiger partial charge is 0.493 e. The van der Waals surface area contributed by atoms with E-state index < -0.39 is 12.0 Å². The van der Waals surface area contributed by atoms with Crippen LogP contribution in [0.2, 0.25) is 0 Å². The number of likely N-dealkylation sites (tertiary alicyclic amines) is 1. The highest BCUT2D eigenvalue weighted by atomic mass is 16.5. The number of para-hydroxylation sites is 2. The Balaban J connectivity index is 1.85. The van der Waals surface area contributed by atoms with Crippen LogP contribution in [0.5, 0.6) is 11.5 Å². The molecule has 0 aliphatic carbocycles. The molecular weight excluding hydrogens is 274 g/mol. The summed E-state index contributed by atoms with van der Waals surface area (Å²) in [7, 11) is 1.55. The first-order valence-electron chi connectivity index (χ1n) is 6.91. The van der Waals surface area contributed by atoms with E-state index in [4.69, 9.17) is 14.6 Å². The van der Waals surface area contributed by atoms with Crippen molar-refractivity contribution >= 4 is 11.9 Å². The standard InChI is InChI=1S/C15H19NO5/c1-20-12-6-2-3-7-13(12)21-10-8-14(17)16-9-4-5-11(16)15(18)19/h2-3,6-7,11H,4-5,8-10H2,1H3,(H,18,19)/t11-/m0/s1. The minimum absolute atomic E-state index is 0.155. The zero-order valence-corrected chi connectivity index (χ0v) is 11.9. The Hall–Kier alpha value is -2.24. The molecule has 114 valence electrons. The van der Waals surface area contributed by atoms with Gasteiger partial charge in [0.05, 0.1) is 20.1 Å². The van der Waals surface area contributed by atoms with Crippen LogP contribution in [0.3, 0.4) is 0 Å². The maximum Gasteiger partial charge on any atom is 0.326 e. The summed E-state index contributed by atoms with van der Waals surface area (Å²) in [5.41, 5.74) is 0. The van der Waals surface area contributed by atoms with Crippen molar-refractivity contribution < 1.29 is 24.2 Å². The molecule has 0 spiro atoms. The number of amides is 1. The van der Waals surface area contributed by atoms with Gasteiger partial charge in [0.2, 0.25) is 5.91 Å². The molecule has 0 aromatic heterocycles. The number of nitrogens with zero attached hydrogens (tertiary/aromatic N) is 1. The first-order chi connectivity index (χ1) is 10.1. The molecule has 1 N–H and O–H groups in total. The summed E-state index contributed by atoms with van der Waals surface area (Å²) in [6, 6.07) is 6.50. The van der Waals surface area contributed by atoms with Crippen LogP contribution in [0.1, 0.15) is 19.3 Å². The summed E-state index contributed by atoms with van der Waals surface area (Å²) in [6.45, 7) is 0.701. The van der Waals surface area contributed by atoms with Crippen molar-refractivity contribution in [1.29, 1.82) is 0 Å². The lowest BCUT2D eigenvalue weighted by Gasteiger charge is -2.21. The number of benzene rings is 1. The molecule has 1 aliphatic rings. The molecule has 1 atom stereocenters. The highest BCUT2D eigenvalue weighted by Gasteiger charge is 2.33. The van der Waals surface area contributed by atoms with E-state index >= 15 is 0 Å². The van der Waals surface area contributed by atoms with Gasteiger partial charge in [-0.05, 0) is 25.0 Å². The number of aliphatic carboxylic acids is 1. The number of carbonyl (C=O) groups excluding carboxylic acids is 1. The monoisotopic (exact) mass is 293 g/mol. The second kappa shape index (κ2) is 6.97. The third kappa shape index (κ3) is 3.65. The van der Waals surface area contributed by atoms with Crippen LogP contribution in [0.4, 0.5) is 0 Å². The highest BCUT2D eigenvalue weighted by Crippen LogP contribution is 2.26. The van der Waals surface area contributed by atoms with Crippen molar-refractivity contribution in [3.63, 3.8) is 0 Å². The Kier molecular flexibility index (Phi) is 5.03. The second-order valence-corrected chi connectivity index (χ2v) is 4.83. The van der Waals surface area contributed by atoms with Gasteiger partial charge in [-0.25, -0.2) is 4.79 Å². The zero-order valence-electron chi connectivity index (χ0n) is 11.9. The molecular formula is C15H19NO5. The average molecular weight is 293 g/mol. The van der Waals surface area contributed by atoms with E-state index in [1.165, 1.54) is 4.90 Å². The molecule has 0 radical (unpaired) electrons. The van der Waals surface area contributed by atoms with Crippen molar-refractivity contribution in [2.75, 3.05) is 20.3 Å². The maximum atomic E-state index is 12.1. The van der Waals surface area contributed by atoms with Gasteiger partial charge >= 0.3 is 5.97 Å². The topological polar surface area (TPSA) is 76.1 Å². The fourth-order valence-corrected chi connectivity index (χ4v) is 2.45. The molecule has 2 rings (SSSR count). The fourth-order valence-electron chi connectivity index (χ4n) is 2.45. The van der Waals surface area contributed by atoms with E-state index in [0.717, 1.165) is 6.42 Å². The molecule has 6 heteroatoms. The van der Waals surface area contributed by atoms with E-state index in [1.54, 1.807) is 19.2 Å². The Morgan fingerprint density at radius 1 is 1.33 bits per heavy atom. The Morgan fingerprint density at radius 2 is 2.05 bits per heavy atom. The summed E-state index contributed by atoms with van der Waals surface area (Å²) in [6.07, 6.45) is 1.41. The molecule has 0 unspecified atom stereocenters. The van der Waals surface area contributed by atoms with Gasteiger partial charge in [0.25, 0.3) is 0 Å². The summed E-state index contributed by atoms with van der Waals surface area (Å²) in [5, 5.41) is 9.06. The molecule has 1 saturated heterocycles. The number of rotatable bonds is 6. The number of ether oxygens (including phenoxy) is 2. The predicted molar refractivity (Wildman–Crippen MR) is 75.5 cm³/mol. The molecule has 0 saturated carbocycles. The molecule has 6 nitrogen and oxygen atoms in total. The lowest BCUT2D eigenvalue weighted by molar-refractivity contribution is -0.148. The van der Waals surface area contributed by atoms with Gasteiger partial charge in [-0.1, -0.05) is 12.1 Å². The van der Waals surface area contributed by atoms with Crippen molar-refractivity contribution in [3.8, 4) is 11.5 Å². The van der Waals surface area contributed by atoms with E-state index in [2.05, 4.69) is 0 Å². The Bertz CT molecular complexity index is 517. The SMILES string of the molecule is COc1ccccc1OCCC(=O)N1CCC[C@H]1C(=O)O. The Labute approximate surface area is 123 Å². The summed E-state index contributed by atoms with van der Waals surface area (Å²) >= 11 is 0. The zero-order chi connectivity index (χ0) is 15.2. The molecule has 21 heavy (non-hydrogen) atoms. The van der Waals surface area contributed by atoms with E-state index in [1.807, 2.05) is 12.1 Å². The molecule has 1 amide bonds. The van der Waals surface area contributed by atoms with Crippen LogP contribution in [-0.4, -0.2) is 48.2 Å². The number of carboxylic acid groups (broad SMARTS) is 1. The van der Waals surface area contributed by atoms with Gasteiger partial charge in [-0.15, -0.1) is 0 Å². The summed E-state index contributed by atoms with van der Waals surface area (Å²) < 4.78 is 10.7. The maximum absolute atomic E-state index is 12.1. The van der Waals surface area contributed by atoms with Crippen molar-refractivity contribution in [1.82, 2.24) is 4.90 Å². The van der Waals surface area contributed by atoms with Crippen LogP contribution in [0.15, 0.2) is 24.3 Å². The normalized spacial score (nSPS) is 17.6. The summed E-state index contributed by atoms with van der Waals surface area (Å²) in [5.74, 6) is 0.0554. The third-order valence-corrected chi connectivity index (χ3v) is 3.50. The van der Waals surface area contributed by atoms with Gasteiger partial charge < -0.3 is 19.5 Å². The highest BCUT2D eigenvalue weighted by molar-refractivity contribution is 5.84. The number of carboxylic acids is 1. The van der Waals surface area contributed by atoms with Gasteiger partial charge in [-0.2, -0.15) is 0 Å². The number of methoxy groups -OCH3 is 1. The van der Waals surface area contributed by atoms with Crippen LogP contribution >= 0.6 is 0 Å². The van der Waals surface area contributed by atoms with Crippen molar-refractivity contribution in [3.05, 3.63) is 24.3 Å². The molecule has 1 aromatic rings. The lowest BCUT2D eigenvalue weighted by Crippen LogP contribution is -2.40. The third-order valence-electron chi connectivity index (χ3n) is 3.50. The molecule has 1 aromatic carbocycles. The van der Waals surface area contributed by atoms with Crippen molar-refractivity contribution in [2.45, 2.75) is 25.3 Å². The minimum Gasteiger partial charge on any atom is -0.493 e. The second-order valence-electron chi connectivity index (χ2n) is 4.83. The number of hydrogen-bond donors (Lipinski definition) is 1. The number of carbonyl (C=O) groups is 2. The van der Waals surface area contributed by atoms with Crippen molar-refractivity contribution in [2.24, 2.45) is 0 Å². The number of hydrogen-bond acceptors (Lipinski definition) is 4. The van der Waals surface area contributed by atoms with Gasteiger partial charge in [0.1, 0.15) is 6.04 Å². The first-order valence-corrected chi connectivity index (χ1v) is 6.91. The van der Waals surface area contributed by atoms with Gasteiger partial charge in [0.15, 0.2) is 11.5 Å². The van der Waals surface area contributed by atoms with Gasteiger partial charge in [-0.3, -0.25) is 4.79 Å². The Morgan fingerprint density at radius 3 is 2.71 bits per heavy atom. The quantitative estimate of drug-likeness (QED) is 0.861. The van der Waals surface area contributed by atoms with E-state index in [0.29, 0.717) is 24.5 Å². The molecule has 1 aliphatic heterocycles. The molecule has 1 heterocycles. The predicted octanol–water partition coefficient (Wildman–Crippen LogP) is 1.54. The molecule has 1 fully saturated rings. The summed E-state index contributed by atoms with van der Waals surface area (Å²) in [4.78, 5) is 24.5. The average Bonchev–Trinajstić information content (AvgIpc) is 2.97. The minimum atomic E-state index is -0.938. The van der Waals surface area contributed by atoms with E-state index in [9.17, 15) is 9.59 Å². The lowest BCUT2D eigenvalue weighted by atomic mass is 10.2. The van der Waals surface area contributed by atoms with Gasteiger partial charge in [0, 0.05) is 6.54 Å². The van der Waals surface area contributed by atoms with Crippen LogP contribution in [0.25, 0.3) is 0 Å². The van der Waals surface area contributed by atoms with Crippen LogP contribution < -0.4 is 9.47 Å². The smallest absolute Gasteiger partial charge is 0.326 e.